The van der Waals surface area contributed by atoms with Crippen LogP contribution in [0.25, 0.3) is 0 Å². The molecule has 5 heteroatoms. The van der Waals surface area contributed by atoms with Crippen molar-refractivity contribution in [1.82, 2.24) is 4.90 Å². The second-order valence-electron chi connectivity index (χ2n) is 5.69. The zero-order valence-electron chi connectivity index (χ0n) is 13.7. The molecule has 0 radical (unpaired) electrons. The number of aryl methyl sites for hydroxylation is 2. The van der Waals surface area contributed by atoms with Crippen LogP contribution in [0, 0.1) is 13.8 Å². The summed E-state index contributed by atoms with van der Waals surface area (Å²) < 4.78 is 11.7. The molecule has 1 aromatic carbocycles. The molecule has 0 fully saturated rings. The number of amides is 1. The number of thiophene rings is 1. The number of carbonyl (C=O) groups excluding carboxylic acids is 1. The first-order valence-corrected chi connectivity index (χ1v) is 8.65. The summed E-state index contributed by atoms with van der Waals surface area (Å²) in [6.45, 7) is 7.71. The Kier molecular flexibility index (Phi) is 4.57. The Bertz CT molecular complexity index is 691. The van der Waals surface area contributed by atoms with E-state index < -0.39 is 0 Å². The van der Waals surface area contributed by atoms with Gasteiger partial charge in [0.05, 0.1) is 11.4 Å². The minimum absolute atomic E-state index is 0.0659. The first-order valence-electron chi connectivity index (χ1n) is 7.83. The number of nitrogens with zero attached hydrogens (tertiary/aromatic N) is 1. The van der Waals surface area contributed by atoms with E-state index in [2.05, 4.69) is 0 Å². The van der Waals surface area contributed by atoms with Crippen molar-refractivity contribution in [2.75, 3.05) is 19.7 Å². The first kappa shape index (κ1) is 15.9. The summed E-state index contributed by atoms with van der Waals surface area (Å²) in [7, 11) is 0. The van der Waals surface area contributed by atoms with Gasteiger partial charge in [0.25, 0.3) is 5.91 Å². The molecule has 0 saturated carbocycles. The van der Waals surface area contributed by atoms with E-state index in [-0.39, 0.29) is 12.0 Å². The summed E-state index contributed by atoms with van der Waals surface area (Å²) in [6, 6.07) is 9.60. The van der Waals surface area contributed by atoms with Crippen LogP contribution in [0.1, 0.15) is 27.0 Å². The predicted molar refractivity (Wildman–Crippen MR) is 91.7 cm³/mol. The van der Waals surface area contributed by atoms with E-state index in [0.717, 1.165) is 16.4 Å². The molecular formula is C18H21NO3S. The normalized spacial score (nSPS) is 16.2. The van der Waals surface area contributed by atoms with E-state index in [1.165, 1.54) is 10.4 Å². The van der Waals surface area contributed by atoms with Crippen LogP contribution in [0.3, 0.4) is 0 Å². The number of likely N-dealkylation sites (N-methyl/N-ethyl adjacent to an activating group) is 1. The molecule has 0 bridgehead atoms. The quantitative estimate of drug-likeness (QED) is 0.858. The van der Waals surface area contributed by atoms with E-state index >= 15 is 0 Å². The number of hydrogen-bond donors (Lipinski definition) is 0. The summed E-state index contributed by atoms with van der Waals surface area (Å²) in [5.74, 6) is 1.58. The number of carbonyl (C=O) groups is 1. The molecule has 0 spiro atoms. The highest BCUT2D eigenvalue weighted by Crippen LogP contribution is 2.31. The summed E-state index contributed by atoms with van der Waals surface area (Å²) >= 11 is 1.55. The van der Waals surface area contributed by atoms with Crippen molar-refractivity contribution in [2.24, 2.45) is 0 Å². The first-order chi connectivity index (χ1) is 11.1. The van der Waals surface area contributed by atoms with E-state index in [0.29, 0.717) is 19.7 Å². The number of benzene rings is 1. The average molecular weight is 331 g/mol. The molecule has 4 nitrogen and oxygen atoms in total. The van der Waals surface area contributed by atoms with Gasteiger partial charge in [0.2, 0.25) is 0 Å². The third kappa shape index (κ3) is 3.34. The topological polar surface area (TPSA) is 38.8 Å². The molecule has 0 N–H and O–H groups in total. The van der Waals surface area contributed by atoms with E-state index in [1.807, 2.05) is 56.0 Å². The van der Waals surface area contributed by atoms with Gasteiger partial charge in [-0.15, -0.1) is 11.3 Å². The van der Waals surface area contributed by atoms with Crippen LogP contribution >= 0.6 is 11.3 Å². The van der Waals surface area contributed by atoms with Gasteiger partial charge >= 0.3 is 0 Å². The SMILES string of the molecule is CCN(CC1COc2ccccc2O1)C(=O)c1cc(C)c(C)s1. The number of hydrogen-bond acceptors (Lipinski definition) is 4. The van der Waals surface area contributed by atoms with Crippen molar-refractivity contribution in [1.29, 1.82) is 0 Å². The number of ether oxygens (including phenoxy) is 2. The van der Waals surface area contributed by atoms with Crippen molar-refractivity contribution in [3.05, 3.63) is 45.6 Å². The molecule has 2 heterocycles. The van der Waals surface area contributed by atoms with Crippen LogP contribution in [-0.2, 0) is 0 Å². The van der Waals surface area contributed by atoms with Crippen molar-refractivity contribution >= 4 is 17.2 Å². The van der Waals surface area contributed by atoms with Crippen molar-refractivity contribution in [3.8, 4) is 11.5 Å². The molecule has 0 aliphatic carbocycles. The fraction of sp³-hybridized carbons (Fsp3) is 0.389. The minimum atomic E-state index is -0.143. The van der Waals surface area contributed by atoms with E-state index in [4.69, 9.17) is 9.47 Å². The maximum absolute atomic E-state index is 12.7. The van der Waals surface area contributed by atoms with Crippen LogP contribution in [0.4, 0.5) is 0 Å². The molecule has 2 aromatic rings. The lowest BCUT2D eigenvalue weighted by Gasteiger charge is -2.30. The van der Waals surface area contributed by atoms with Gasteiger partial charge < -0.3 is 14.4 Å². The number of fused-ring (bicyclic) bond motifs is 1. The van der Waals surface area contributed by atoms with Gasteiger partial charge in [-0.05, 0) is 44.5 Å². The summed E-state index contributed by atoms with van der Waals surface area (Å²) in [5.41, 5.74) is 1.17. The Morgan fingerprint density at radius 3 is 2.70 bits per heavy atom. The molecule has 3 rings (SSSR count). The predicted octanol–water partition coefficient (Wildman–Crippen LogP) is 3.67. The lowest BCUT2D eigenvalue weighted by atomic mass is 10.2. The average Bonchev–Trinajstić information content (AvgIpc) is 2.91. The fourth-order valence-electron chi connectivity index (χ4n) is 2.59. The van der Waals surface area contributed by atoms with Gasteiger partial charge in [-0.2, -0.15) is 0 Å². The Balaban J connectivity index is 1.69. The summed E-state index contributed by atoms with van der Waals surface area (Å²) in [5, 5.41) is 0. The maximum atomic E-state index is 12.7. The Labute approximate surface area is 140 Å². The van der Waals surface area contributed by atoms with Crippen LogP contribution in [0.5, 0.6) is 11.5 Å². The molecule has 0 saturated heterocycles. The smallest absolute Gasteiger partial charge is 0.264 e. The molecule has 1 aliphatic rings. The monoisotopic (exact) mass is 331 g/mol. The minimum Gasteiger partial charge on any atom is -0.486 e. The van der Waals surface area contributed by atoms with Gasteiger partial charge in [0, 0.05) is 11.4 Å². The van der Waals surface area contributed by atoms with E-state index in [1.54, 1.807) is 11.3 Å². The largest absolute Gasteiger partial charge is 0.486 e. The highest BCUT2D eigenvalue weighted by Gasteiger charge is 2.26. The van der Waals surface area contributed by atoms with Gasteiger partial charge in [-0.1, -0.05) is 12.1 Å². The molecule has 122 valence electrons. The Hall–Kier alpha value is -2.01. The standard InChI is InChI=1S/C18H21NO3S/c1-4-19(18(20)17-9-12(2)13(3)23-17)10-14-11-21-15-7-5-6-8-16(15)22-14/h5-9,14H,4,10-11H2,1-3H3. The summed E-state index contributed by atoms with van der Waals surface area (Å²) in [4.78, 5) is 16.5. The van der Waals surface area contributed by atoms with Gasteiger partial charge in [-0.3, -0.25) is 4.79 Å². The molecule has 1 amide bonds. The molecule has 1 unspecified atom stereocenters. The lowest BCUT2D eigenvalue weighted by Crippen LogP contribution is -2.43. The molecule has 1 aromatic heterocycles. The third-order valence-corrected chi connectivity index (χ3v) is 5.18. The zero-order valence-corrected chi connectivity index (χ0v) is 14.5. The summed E-state index contributed by atoms with van der Waals surface area (Å²) in [6.07, 6.45) is -0.143. The maximum Gasteiger partial charge on any atom is 0.264 e. The van der Waals surface area contributed by atoms with Crippen LogP contribution in [0.2, 0.25) is 0 Å². The highest BCUT2D eigenvalue weighted by atomic mass is 32.1. The molecule has 1 aliphatic heterocycles. The van der Waals surface area contributed by atoms with Crippen molar-refractivity contribution < 1.29 is 14.3 Å². The second kappa shape index (κ2) is 6.62. The van der Waals surface area contributed by atoms with Gasteiger partial charge in [0.1, 0.15) is 6.61 Å². The molecular weight excluding hydrogens is 310 g/mol. The Morgan fingerprint density at radius 1 is 1.30 bits per heavy atom. The van der Waals surface area contributed by atoms with Gasteiger partial charge in [-0.25, -0.2) is 0 Å². The fourth-order valence-corrected chi connectivity index (χ4v) is 3.59. The highest BCUT2D eigenvalue weighted by molar-refractivity contribution is 7.14. The number of rotatable bonds is 4. The Morgan fingerprint density at radius 2 is 2.04 bits per heavy atom. The van der Waals surface area contributed by atoms with Crippen molar-refractivity contribution in [2.45, 2.75) is 26.9 Å². The lowest BCUT2D eigenvalue weighted by molar-refractivity contribution is 0.0478. The van der Waals surface area contributed by atoms with Crippen LogP contribution < -0.4 is 9.47 Å². The van der Waals surface area contributed by atoms with Gasteiger partial charge in [0.15, 0.2) is 17.6 Å². The molecule has 1 atom stereocenters. The van der Waals surface area contributed by atoms with Crippen LogP contribution in [0.15, 0.2) is 30.3 Å². The van der Waals surface area contributed by atoms with Crippen LogP contribution in [-0.4, -0.2) is 36.6 Å². The van der Waals surface area contributed by atoms with Crippen molar-refractivity contribution in [3.63, 3.8) is 0 Å². The van der Waals surface area contributed by atoms with E-state index in [9.17, 15) is 4.79 Å². The number of para-hydroxylation sites is 2. The second-order valence-corrected chi connectivity index (χ2v) is 6.95. The molecule has 23 heavy (non-hydrogen) atoms. The zero-order chi connectivity index (χ0) is 16.4. The third-order valence-electron chi connectivity index (χ3n) is 4.04.